The maximum atomic E-state index is 13.5. The Morgan fingerprint density at radius 1 is 1.18 bits per heavy atom. The van der Waals surface area contributed by atoms with Crippen LogP contribution in [0.1, 0.15) is 44.5 Å². The summed E-state index contributed by atoms with van der Waals surface area (Å²) in [5.74, 6) is 0.834. The van der Waals surface area contributed by atoms with Crippen LogP contribution in [0.5, 0.6) is 0 Å². The van der Waals surface area contributed by atoms with Gasteiger partial charge in [0.2, 0.25) is 0 Å². The van der Waals surface area contributed by atoms with Crippen molar-refractivity contribution in [2.24, 2.45) is 0 Å². The van der Waals surface area contributed by atoms with E-state index in [0.29, 0.717) is 13.1 Å². The van der Waals surface area contributed by atoms with Gasteiger partial charge in [0, 0.05) is 41.6 Å². The molecule has 0 saturated carbocycles. The number of carbonyl (C=O) groups is 1. The van der Waals surface area contributed by atoms with E-state index in [9.17, 15) is 4.79 Å². The summed E-state index contributed by atoms with van der Waals surface area (Å²) < 4.78 is 2.01. The zero-order valence-electron chi connectivity index (χ0n) is 19.5. The molecule has 4 heterocycles. The standard InChI is InChI=1S/C25H31N6OP/c1-17(2)31-21-15-30(14-19(21)13-27-31)24(32)28-22-20(18-7-5-4-6-8-18)9-11-26-23(22)29-12-10-25(3,33)16-29/h4-9,11,13,17H,10,12,14-16,33H2,1-3H3,(H,28,32). The molecular formula is C25H31N6OP. The first-order valence-electron chi connectivity index (χ1n) is 11.5. The Morgan fingerprint density at radius 3 is 2.67 bits per heavy atom. The molecule has 1 fully saturated rings. The van der Waals surface area contributed by atoms with Gasteiger partial charge in [-0.1, -0.05) is 37.3 Å². The summed E-state index contributed by atoms with van der Waals surface area (Å²) in [7, 11) is 2.97. The van der Waals surface area contributed by atoms with E-state index in [1.165, 1.54) is 0 Å². The first-order chi connectivity index (χ1) is 15.8. The molecule has 2 aliphatic heterocycles. The van der Waals surface area contributed by atoms with Crippen LogP contribution in [0.25, 0.3) is 11.1 Å². The second-order valence-electron chi connectivity index (χ2n) is 9.69. The maximum absolute atomic E-state index is 13.5. The van der Waals surface area contributed by atoms with Crippen molar-refractivity contribution in [2.45, 2.75) is 51.5 Å². The Morgan fingerprint density at radius 2 is 1.97 bits per heavy atom. The highest BCUT2D eigenvalue weighted by Crippen LogP contribution is 2.40. The number of pyridine rings is 1. The van der Waals surface area contributed by atoms with Gasteiger partial charge in [0.1, 0.15) is 0 Å². The number of anilines is 2. The smallest absolute Gasteiger partial charge is 0.322 e. The molecule has 8 heteroatoms. The van der Waals surface area contributed by atoms with Crippen molar-refractivity contribution >= 4 is 26.8 Å². The van der Waals surface area contributed by atoms with Crippen LogP contribution in [0.2, 0.25) is 0 Å². The minimum absolute atomic E-state index is 0.110. The molecule has 5 rings (SSSR count). The fourth-order valence-corrected chi connectivity index (χ4v) is 5.13. The quantitative estimate of drug-likeness (QED) is 0.559. The van der Waals surface area contributed by atoms with Crippen LogP contribution < -0.4 is 10.2 Å². The maximum Gasteiger partial charge on any atom is 0.322 e. The van der Waals surface area contributed by atoms with Crippen molar-refractivity contribution in [3.05, 3.63) is 60.0 Å². The molecule has 0 aliphatic carbocycles. The zero-order chi connectivity index (χ0) is 23.2. The van der Waals surface area contributed by atoms with Gasteiger partial charge in [-0.3, -0.25) is 4.68 Å². The van der Waals surface area contributed by atoms with Crippen LogP contribution in [-0.4, -0.2) is 43.9 Å². The molecule has 0 radical (unpaired) electrons. The molecule has 33 heavy (non-hydrogen) atoms. The zero-order valence-corrected chi connectivity index (χ0v) is 20.6. The molecule has 3 aromatic rings. The summed E-state index contributed by atoms with van der Waals surface area (Å²) in [6, 6.07) is 12.3. The lowest BCUT2D eigenvalue weighted by atomic mass is 10.0. The van der Waals surface area contributed by atoms with Gasteiger partial charge in [-0.25, -0.2) is 9.78 Å². The van der Waals surface area contributed by atoms with Gasteiger partial charge in [0.15, 0.2) is 5.82 Å². The fraction of sp³-hybridized carbons (Fsp3) is 0.400. The predicted molar refractivity (Wildman–Crippen MR) is 135 cm³/mol. The number of rotatable bonds is 4. The molecule has 2 unspecified atom stereocenters. The molecule has 0 bridgehead atoms. The van der Waals surface area contributed by atoms with Crippen LogP contribution in [0, 0.1) is 0 Å². The largest absolute Gasteiger partial charge is 0.354 e. The third-order valence-electron chi connectivity index (χ3n) is 6.52. The van der Waals surface area contributed by atoms with Gasteiger partial charge in [-0.2, -0.15) is 5.10 Å². The molecule has 2 amide bonds. The highest BCUT2D eigenvalue weighted by atomic mass is 31.0. The van der Waals surface area contributed by atoms with Crippen LogP contribution in [0.15, 0.2) is 48.8 Å². The lowest BCUT2D eigenvalue weighted by molar-refractivity contribution is 0.211. The SMILES string of the molecule is CC(C)n1ncc2c1CN(C(=O)Nc1c(-c3ccccc3)ccnc1N1CCC(C)(P)C1)C2. The molecule has 172 valence electrons. The van der Waals surface area contributed by atoms with E-state index in [2.05, 4.69) is 57.5 Å². The van der Waals surface area contributed by atoms with E-state index in [1.807, 2.05) is 46.2 Å². The van der Waals surface area contributed by atoms with E-state index in [1.54, 1.807) is 0 Å². The summed E-state index contributed by atoms with van der Waals surface area (Å²) in [6.07, 6.45) is 4.79. The number of urea groups is 1. The van der Waals surface area contributed by atoms with Crippen molar-refractivity contribution < 1.29 is 4.79 Å². The van der Waals surface area contributed by atoms with E-state index >= 15 is 0 Å². The summed E-state index contributed by atoms with van der Waals surface area (Å²) in [5, 5.41) is 7.88. The van der Waals surface area contributed by atoms with Gasteiger partial charge in [0.25, 0.3) is 0 Å². The van der Waals surface area contributed by atoms with E-state index < -0.39 is 0 Å². The van der Waals surface area contributed by atoms with Crippen molar-refractivity contribution in [1.29, 1.82) is 0 Å². The number of amides is 2. The molecule has 0 spiro atoms. The van der Waals surface area contributed by atoms with Crippen molar-refractivity contribution in [3.63, 3.8) is 0 Å². The van der Waals surface area contributed by atoms with Gasteiger partial charge >= 0.3 is 6.03 Å². The molecule has 7 nitrogen and oxygen atoms in total. The first-order valence-corrected chi connectivity index (χ1v) is 12.1. The van der Waals surface area contributed by atoms with Crippen LogP contribution in [0.3, 0.4) is 0 Å². The van der Waals surface area contributed by atoms with Crippen molar-refractivity contribution in [3.8, 4) is 11.1 Å². The number of carbonyl (C=O) groups excluding carboxylic acids is 1. The molecule has 2 aliphatic rings. The van der Waals surface area contributed by atoms with Gasteiger partial charge < -0.3 is 15.1 Å². The number of nitrogens with zero attached hydrogens (tertiary/aromatic N) is 5. The highest BCUT2D eigenvalue weighted by molar-refractivity contribution is 7.19. The van der Waals surface area contributed by atoms with Crippen LogP contribution >= 0.6 is 9.24 Å². The van der Waals surface area contributed by atoms with Crippen molar-refractivity contribution in [1.82, 2.24) is 19.7 Å². The number of hydrogen-bond donors (Lipinski definition) is 1. The van der Waals surface area contributed by atoms with E-state index in [0.717, 1.165) is 53.4 Å². The molecule has 2 atom stereocenters. The summed E-state index contributed by atoms with van der Waals surface area (Å²) >= 11 is 0. The molecule has 1 saturated heterocycles. The number of benzene rings is 1. The lowest BCUT2D eigenvalue weighted by Crippen LogP contribution is -2.33. The second kappa shape index (κ2) is 8.45. The Labute approximate surface area is 197 Å². The molecule has 1 N–H and O–H groups in total. The fourth-order valence-electron chi connectivity index (χ4n) is 4.78. The Hall–Kier alpha value is -2.92. The predicted octanol–water partition coefficient (Wildman–Crippen LogP) is 4.92. The Kier molecular flexibility index (Phi) is 5.61. The highest BCUT2D eigenvalue weighted by Gasteiger charge is 2.33. The minimum Gasteiger partial charge on any atom is -0.354 e. The Balaban J connectivity index is 1.47. The summed E-state index contributed by atoms with van der Waals surface area (Å²) in [4.78, 5) is 22.3. The number of hydrogen-bond acceptors (Lipinski definition) is 4. The van der Waals surface area contributed by atoms with E-state index in [4.69, 9.17) is 4.98 Å². The average molecular weight is 463 g/mol. The topological polar surface area (TPSA) is 66.3 Å². The number of fused-ring (bicyclic) bond motifs is 1. The van der Waals surface area contributed by atoms with E-state index in [-0.39, 0.29) is 17.2 Å². The van der Waals surface area contributed by atoms with Crippen LogP contribution in [0.4, 0.5) is 16.3 Å². The van der Waals surface area contributed by atoms with Crippen molar-refractivity contribution in [2.75, 3.05) is 23.3 Å². The van der Waals surface area contributed by atoms with Crippen LogP contribution in [-0.2, 0) is 13.1 Å². The van der Waals surface area contributed by atoms with Gasteiger partial charge in [-0.15, -0.1) is 9.24 Å². The average Bonchev–Trinajstić information content (AvgIpc) is 3.48. The molecule has 1 aromatic carbocycles. The van der Waals surface area contributed by atoms with Gasteiger partial charge in [0.05, 0.1) is 30.7 Å². The second-order valence-corrected chi connectivity index (χ2v) is 11.1. The third-order valence-corrected chi connectivity index (χ3v) is 6.99. The summed E-state index contributed by atoms with van der Waals surface area (Å²) in [6.45, 7) is 9.38. The normalized spacial score (nSPS) is 19.9. The number of aromatic nitrogens is 3. The molecular weight excluding hydrogens is 431 g/mol. The van der Waals surface area contributed by atoms with Gasteiger partial charge in [-0.05, 0) is 31.9 Å². The minimum atomic E-state index is -0.110. The third kappa shape index (κ3) is 4.22. The summed E-state index contributed by atoms with van der Waals surface area (Å²) in [5.41, 5.74) is 5.05. The first kappa shape index (κ1) is 21.9. The monoisotopic (exact) mass is 462 g/mol. The lowest BCUT2D eigenvalue weighted by Gasteiger charge is -2.26. The Bertz CT molecular complexity index is 1170. The molecule has 2 aromatic heterocycles. The number of nitrogens with one attached hydrogen (secondary N) is 1.